The Kier molecular flexibility index (Phi) is 3.91. The fraction of sp³-hybridized carbons (Fsp3) is 0.350. The quantitative estimate of drug-likeness (QED) is 0.820. The second kappa shape index (κ2) is 5.99. The number of ketones is 1. The van der Waals surface area contributed by atoms with E-state index in [2.05, 4.69) is 0 Å². The zero-order valence-electron chi connectivity index (χ0n) is 14.2. The number of nitrogens with zero attached hydrogens (tertiary/aromatic N) is 1. The molecule has 130 valence electrons. The molecule has 2 aliphatic rings. The summed E-state index contributed by atoms with van der Waals surface area (Å²) in [5.41, 5.74) is 2.07. The van der Waals surface area contributed by atoms with E-state index in [4.69, 9.17) is 0 Å². The van der Waals surface area contributed by atoms with Gasteiger partial charge in [-0.2, -0.15) is 0 Å². The maximum Gasteiger partial charge on any atom is 0.264 e. The van der Waals surface area contributed by atoms with Gasteiger partial charge in [0.1, 0.15) is 0 Å². The number of benzene rings is 2. The van der Waals surface area contributed by atoms with Crippen LogP contribution in [0.15, 0.2) is 53.4 Å². The third-order valence-electron chi connectivity index (χ3n) is 5.35. The molecule has 2 aromatic rings. The van der Waals surface area contributed by atoms with Gasteiger partial charge in [0, 0.05) is 11.5 Å². The second-order valence-corrected chi connectivity index (χ2v) is 8.77. The topological polar surface area (TPSA) is 54.5 Å². The number of sulfonamides is 1. The first-order valence-electron chi connectivity index (χ1n) is 8.74. The minimum atomic E-state index is -3.70. The van der Waals surface area contributed by atoms with E-state index in [1.165, 1.54) is 4.31 Å². The smallest absolute Gasteiger partial charge is 0.264 e. The van der Waals surface area contributed by atoms with Gasteiger partial charge in [-0.15, -0.1) is 0 Å². The van der Waals surface area contributed by atoms with Crippen molar-refractivity contribution in [3.05, 3.63) is 59.7 Å². The Hall–Kier alpha value is -2.14. The van der Waals surface area contributed by atoms with Gasteiger partial charge >= 0.3 is 0 Å². The predicted octanol–water partition coefficient (Wildman–Crippen LogP) is 3.95. The van der Waals surface area contributed by atoms with Crippen LogP contribution in [-0.4, -0.2) is 20.2 Å². The molecule has 1 aliphatic heterocycles. The lowest BCUT2D eigenvalue weighted by atomic mass is 9.77. The fourth-order valence-corrected chi connectivity index (χ4v) is 5.82. The van der Waals surface area contributed by atoms with Gasteiger partial charge in [0.25, 0.3) is 10.0 Å². The van der Waals surface area contributed by atoms with Crippen LogP contribution in [0.1, 0.15) is 41.6 Å². The summed E-state index contributed by atoms with van der Waals surface area (Å²) in [7, 11) is -3.70. The number of Topliss-reactive ketones (excluding diaryl/α,β-unsaturated/α-hetero) is 1. The third-order valence-corrected chi connectivity index (χ3v) is 7.21. The van der Waals surface area contributed by atoms with Crippen LogP contribution in [0.25, 0.3) is 0 Å². The Labute approximate surface area is 148 Å². The molecule has 0 saturated heterocycles. The molecule has 0 amide bonds. The molecule has 0 bridgehead atoms. The van der Waals surface area contributed by atoms with Gasteiger partial charge in [-0.25, -0.2) is 8.42 Å². The molecular formula is C20H21NO3S. The van der Waals surface area contributed by atoms with E-state index in [1.54, 1.807) is 36.4 Å². The predicted molar refractivity (Wildman–Crippen MR) is 97.4 cm³/mol. The monoisotopic (exact) mass is 355 g/mol. The van der Waals surface area contributed by atoms with E-state index in [0.29, 0.717) is 11.3 Å². The normalized spacial score (nSPS) is 23.1. The molecule has 4 rings (SSSR count). The maximum absolute atomic E-state index is 13.4. The molecule has 0 spiro atoms. The zero-order chi connectivity index (χ0) is 17.6. The summed E-state index contributed by atoms with van der Waals surface area (Å²) in [6.45, 7) is 1.93. The zero-order valence-corrected chi connectivity index (χ0v) is 15.0. The molecule has 0 radical (unpaired) electrons. The van der Waals surface area contributed by atoms with Gasteiger partial charge in [-0.05, 0) is 44.0 Å². The largest absolute Gasteiger partial charge is 0.294 e. The number of aryl methyl sites for hydroxylation is 1. The molecule has 0 N–H and O–H groups in total. The summed E-state index contributed by atoms with van der Waals surface area (Å²) in [4.78, 5) is 13.2. The Bertz CT molecular complexity index is 918. The van der Waals surface area contributed by atoms with Crippen LogP contribution in [0.4, 0.5) is 5.69 Å². The van der Waals surface area contributed by atoms with Crippen LogP contribution in [0, 0.1) is 12.8 Å². The molecule has 2 atom stereocenters. The molecule has 4 nitrogen and oxygen atoms in total. The summed E-state index contributed by atoms with van der Waals surface area (Å²) in [6, 6.07) is 13.8. The Morgan fingerprint density at radius 3 is 2.40 bits per heavy atom. The van der Waals surface area contributed by atoms with Crippen molar-refractivity contribution in [3.63, 3.8) is 0 Å². The molecular weight excluding hydrogens is 334 g/mol. The van der Waals surface area contributed by atoms with E-state index in [9.17, 15) is 13.2 Å². The van der Waals surface area contributed by atoms with Crippen LogP contribution < -0.4 is 4.31 Å². The highest BCUT2D eigenvalue weighted by molar-refractivity contribution is 7.92. The number of hydrogen-bond acceptors (Lipinski definition) is 3. The lowest BCUT2D eigenvalue weighted by Gasteiger charge is -2.44. The standard InChI is InChI=1S/C20H21NO3S/c1-14-10-12-15(13-11-14)25(23,24)21-18-8-4-2-6-16(18)20(22)17-7-3-5-9-19(17)21/h2,4,6,8,10-13,17,19H,3,5,7,9H2,1H3. The Morgan fingerprint density at radius 1 is 0.960 bits per heavy atom. The van der Waals surface area contributed by atoms with Crippen molar-refractivity contribution in [2.24, 2.45) is 5.92 Å². The highest BCUT2D eigenvalue weighted by atomic mass is 32.2. The minimum Gasteiger partial charge on any atom is -0.294 e. The molecule has 1 saturated carbocycles. The summed E-state index contributed by atoms with van der Waals surface area (Å²) in [5.74, 6) is -0.139. The van der Waals surface area contributed by atoms with Crippen molar-refractivity contribution in [1.29, 1.82) is 0 Å². The van der Waals surface area contributed by atoms with E-state index >= 15 is 0 Å². The van der Waals surface area contributed by atoms with E-state index in [1.807, 2.05) is 19.1 Å². The first-order chi connectivity index (χ1) is 12.0. The van der Waals surface area contributed by atoms with Crippen LogP contribution in [0.3, 0.4) is 0 Å². The van der Waals surface area contributed by atoms with Crippen molar-refractivity contribution in [2.75, 3.05) is 4.31 Å². The van der Waals surface area contributed by atoms with Gasteiger partial charge in [0.15, 0.2) is 5.78 Å². The number of hydrogen-bond donors (Lipinski definition) is 0. The number of anilines is 1. The van der Waals surface area contributed by atoms with Crippen molar-refractivity contribution in [3.8, 4) is 0 Å². The molecule has 1 aliphatic carbocycles. The van der Waals surface area contributed by atoms with Gasteiger partial charge in [0.2, 0.25) is 0 Å². The van der Waals surface area contributed by atoms with Crippen molar-refractivity contribution >= 4 is 21.5 Å². The van der Waals surface area contributed by atoms with Crippen LogP contribution >= 0.6 is 0 Å². The summed E-state index contributed by atoms with van der Waals surface area (Å²) in [5, 5.41) is 0. The lowest BCUT2D eigenvalue weighted by molar-refractivity contribution is 0.0862. The third kappa shape index (κ3) is 2.58. The average molecular weight is 355 g/mol. The molecule has 0 aromatic heterocycles. The number of para-hydroxylation sites is 1. The van der Waals surface area contributed by atoms with Crippen molar-refractivity contribution in [2.45, 2.75) is 43.5 Å². The molecule has 2 aromatic carbocycles. The minimum absolute atomic E-state index is 0.0932. The lowest BCUT2D eigenvalue weighted by Crippen LogP contribution is -2.52. The average Bonchev–Trinajstić information content (AvgIpc) is 2.62. The van der Waals surface area contributed by atoms with Crippen LogP contribution in [0.2, 0.25) is 0 Å². The van der Waals surface area contributed by atoms with E-state index < -0.39 is 10.0 Å². The van der Waals surface area contributed by atoms with Crippen LogP contribution in [-0.2, 0) is 10.0 Å². The van der Waals surface area contributed by atoms with Gasteiger partial charge < -0.3 is 0 Å². The van der Waals surface area contributed by atoms with Crippen LogP contribution in [0.5, 0.6) is 0 Å². The van der Waals surface area contributed by atoms with E-state index in [-0.39, 0.29) is 22.6 Å². The molecule has 5 heteroatoms. The van der Waals surface area contributed by atoms with Crippen molar-refractivity contribution < 1.29 is 13.2 Å². The van der Waals surface area contributed by atoms with Gasteiger partial charge in [0.05, 0.1) is 16.6 Å². The number of carbonyl (C=O) groups excluding carboxylic acids is 1. The maximum atomic E-state index is 13.4. The number of rotatable bonds is 2. The molecule has 25 heavy (non-hydrogen) atoms. The first-order valence-corrected chi connectivity index (χ1v) is 10.2. The highest BCUT2D eigenvalue weighted by Gasteiger charge is 2.46. The van der Waals surface area contributed by atoms with Gasteiger partial charge in [-0.1, -0.05) is 42.7 Å². The molecule has 1 heterocycles. The first kappa shape index (κ1) is 16.3. The molecule has 2 unspecified atom stereocenters. The number of fused-ring (bicyclic) bond motifs is 2. The summed E-state index contributed by atoms with van der Waals surface area (Å²) < 4.78 is 28.4. The van der Waals surface area contributed by atoms with Gasteiger partial charge in [-0.3, -0.25) is 9.10 Å². The van der Waals surface area contributed by atoms with Crippen molar-refractivity contribution in [1.82, 2.24) is 0 Å². The second-order valence-electron chi connectivity index (χ2n) is 6.95. The molecule has 1 fully saturated rings. The SMILES string of the molecule is Cc1ccc(S(=O)(=O)N2c3ccccc3C(=O)C3CCCCC32)cc1. The Morgan fingerprint density at radius 2 is 1.64 bits per heavy atom. The summed E-state index contributed by atoms with van der Waals surface area (Å²) >= 11 is 0. The highest BCUT2D eigenvalue weighted by Crippen LogP contribution is 2.43. The Balaban J connectivity index is 1.90. The number of carbonyl (C=O) groups is 1. The van der Waals surface area contributed by atoms with E-state index in [0.717, 1.165) is 31.2 Å². The fourth-order valence-electron chi connectivity index (χ4n) is 4.08. The summed E-state index contributed by atoms with van der Waals surface area (Å²) in [6.07, 6.45) is 3.43.